The first-order valence-electron chi connectivity index (χ1n) is 4.23. The van der Waals surface area contributed by atoms with Crippen molar-refractivity contribution in [3.05, 3.63) is 39.3 Å². The van der Waals surface area contributed by atoms with Crippen molar-refractivity contribution in [2.75, 3.05) is 0 Å². The summed E-state index contributed by atoms with van der Waals surface area (Å²) in [6, 6.07) is 6.28. The Hall–Kier alpha value is -1.10. The third-order valence-corrected chi connectivity index (χ3v) is 3.31. The second kappa shape index (κ2) is 4.41. The van der Waals surface area contributed by atoms with Crippen molar-refractivity contribution in [2.24, 2.45) is 0 Å². The Balaban J connectivity index is 2.53. The van der Waals surface area contributed by atoms with Crippen LogP contribution in [-0.4, -0.2) is 16.1 Å². The van der Waals surface area contributed by atoms with E-state index in [0.717, 1.165) is 4.88 Å². The minimum absolute atomic E-state index is 0.111. The quantitative estimate of drug-likeness (QED) is 0.847. The van der Waals surface area contributed by atoms with Gasteiger partial charge < -0.3 is 5.11 Å². The van der Waals surface area contributed by atoms with Crippen molar-refractivity contribution in [2.45, 2.75) is 0 Å². The molecule has 0 aliphatic heterocycles. The number of carbonyl (C=O) groups is 1. The molecule has 0 aliphatic rings. The lowest BCUT2D eigenvalue weighted by Crippen LogP contribution is -1.97. The number of aromatic nitrogens is 1. The summed E-state index contributed by atoms with van der Waals surface area (Å²) in [4.78, 5) is 15.7. The maximum Gasteiger partial charge on any atom is 0.335 e. The van der Waals surface area contributed by atoms with Crippen LogP contribution in [-0.2, 0) is 0 Å². The van der Waals surface area contributed by atoms with Crippen LogP contribution in [0.25, 0.3) is 10.6 Å². The number of rotatable bonds is 2. The number of thiophene rings is 1. The van der Waals surface area contributed by atoms with Crippen molar-refractivity contribution in [1.82, 2.24) is 4.98 Å². The molecule has 0 saturated heterocycles. The molecule has 0 aromatic carbocycles. The van der Waals surface area contributed by atoms with Gasteiger partial charge in [-0.05, 0) is 24.3 Å². The molecule has 0 spiro atoms. The number of carboxylic acids is 1. The van der Waals surface area contributed by atoms with E-state index in [4.69, 9.17) is 28.3 Å². The Labute approximate surface area is 105 Å². The zero-order chi connectivity index (χ0) is 11.7. The van der Waals surface area contributed by atoms with E-state index in [-0.39, 0.29) is 10.7 Å². The van der Waals surface area contributed by atoms with Crippen LogP contribution in [0, 0.1) is 0 Å². The lowest BCUT2D eigenvalue weighted by molar-refractivity contribution is 0.0697. The van der Waals surface area contributed by atoms with Crippen LogP contribution in [0.4, 0.5) is 0 Å². The number of carboxylic acid groups (broad SMARTS) is 1. The van der Waals surface area contributed by atoms with E-state index in [2.05, 4.69) is 4.98 Å². The molecule has 0 bridgehead atoms. The molecule has 0 saturated carbocycles. The molecule has 0 unspecified atom stereocenters. The normalized spacial score (nSPS) is 10.4. The lowest BCUT2D eigenvalue weighted by atomic mass is 10.2. The molecule has 0 radical (unpaired) electrons. The molecule has 2 rings (SSSR count). The summed E-state index contributed by atoms with van der Waals surface area (Å²) in [5.41, 5.74) is 0.626. The Bertz CT molecular complexity index is 554. The highest BCUT2D eigenvalue weighted by Gasteiger charge is 2.10. The Morgan fingerprint density at radius 1 is 1.31 bits per heavy atom. The largest absolute Gasteiger partial charge is 0.478 e. The maximum absolute atomic E-state index is 10.8. The number of hydrogen-bond donors (Lipinski definition) is 1. The standard InChI is InChI=1S/C10H5Cl2NO2S/c11-8-4-5(10(14)15)3-6(13-8)7-1-2-9(12)16-7/h1-4H,(H,14,15). The predicted octanol–water partition coefficient (Wildman–Crippen LogP) is 3.82. The van der Waals surface area contributed by atoms with Gasteiger partial charge in [0.2, 0.25) is 0 Å². The van der Waals surface area contributed by atoms with Gasteiger partial charge in [-0.2, -0.15) is 0 Å². The van der Waals surface area contributed by atoms with Gasteiger partial charge in [0.1, 0.15) is 5.15 Å². The molecular formula is C10H5Cl2NO2S. The highest BCUT2D eigenvalue weighted by atomic mass is 35.5. The first-order valence-corrected chi connectivity index (χ1v) is 5.80. The van der Waals surface area contributed by atoms with Crippen molar-refractivity contribution in [1.29, 1.82) is 0 Å². The Kier molecular flexibility index (Phi) is 3.14. The molecule has 0 amide bonds. The minimum atomic E-state index is -1.03. The number of aromatic carboxylic acids is 1. The van der Waals surface area contributed by atoms with Crippen molar-refractivity contribution in [3.63, 3.8) is 0 Å². The van der Waals surface area contributed by atoms with Crippen LogP contribution >= 0.6 is 34.5 Å². The van der Waals surface area contributed by atoms with Crippen LogP contribution in [0.1, 0.15) is 10.4 Å². The second-order valence-electron chi connectivity index (χ2n) is 2.97. The summed E-state index contributed by atoms with van der Waals surface area (Å²) in [5.74, 6) is -1.03. The smallest absolute Gasteiger partial charge is 0.335 e. The average molecular weight is 274 g/mol. The molecule has 0 aliphatic carbocycles. The van der Waals surface area contributed by atoms with Crippen LogP contribution in [0.3, 0.4) is 0 Å². The minimum Gasteiger partial charge on any atom is -0.478 e. The van der Waals surface area contributed by atoms with E-state index in [0.29, 0.717) is 10.0 Å². The average Bonchev–Trinajstić information content (AvgIpc) is 2.64. The fraction of sp³-hybridized carbons (Fsp3) is 0. The van der Waals surface area contributed by atoms with E-state index in [1.54, 1.807) is 12.1 Å². The molecule has 6 heteroatoms. The molecule has 0 fully saturated rings. The maximum atomic E-state index is 10.8. The zero-order valence-corrected chi connectivity index (χ0v) is 10.1. The van der Waals surface area contributed by atoms with Crippen LogP contribution in [0.2, 0.25) is 9.49 Å². The van der Waals surface area contributed by atoms with Gasteiger partial charge >= 0.3 is 5.97 Å². The van der Waals surface area contributed by atoms with E-state index in [1.807, 2.05) is 0 Å². The van der Waals surface area contributed by atoms with E-state index in [9.17, 15) is 4.79 Å². The van der Waals surface area contributed by atoms with Crippen LogP contribution in [0.5, 0.6) is 0 Å². The fourth-order valence-electron chi connectivity index (χ4n) is 1.20. The van der Waals surface area contributed by atoms with E-state index >= 15 is 0 Å². The highest BCUT2D eigenvalue weighted by molar-refractivity contribution is 7.19. The van der Waals surface area contributed by atoms with Gasteiger partial charge in [-0.1, -0.05) is 23.2 Å². The first-order chi connectivity index (χ1) is 7.56. The topological polar surface area (TPSA) is 50.2 Å². The first kappa shape index (κ1) is 11.4. The van der Waals surface area contributed by atoms with Crippen molar-refractivity contribution < 1.29 is 9.90 Å². The van der Waals surface area contributed by atoms with Gasteiger partial charge in [0, 0.05) is 0 Å². The summed E-state index contributed by atoms with van der Waals surface area (Å²) in [6.07, 6.45) is 0. The number of nitrogens with zero attached hydrogens (tertiary/aromatic N) is 1. The Morgan fingerprint density at radius 2 is 2.06 bits per heavy atom. The van der Waals surface area contributed by atoms with Crippen LogP contribution in [0.15, 0.2) is 24.3 Å². The molecule has 0 atom stereocenters. The molecule has 82 valence electrons. The fourth-order valence-corrected chi connectivity index (χ4v) is 2.41. The van der Waals surface area contributed by atoms with Gasteiger partial charge in [-0.3, -0.25) is 0 Å². The summed E-state index contributed by atoms with van der Waals surface area (Å²) in [5, 5.41) is 9.03. The summed E-state index contributed by atoms with van der Waals surface area (Å²) >= 11 is 12.9. The van der Waals surface area contributed by atoms with Gasteiger partial charge in [-0.15, -0.1) is 11.3 Å². The molecule has 2 aromatic rings. The SMILES string of the molecule is O=C(O)c1cc(Cl)nc(-c2ccc(Cl)s2)c1. The Morgan fingerprint density at radius 3 is 2.62 bits per heavy atom. The summed E-state index contributed by atoms with van der Waals surface area (Å²) < 4.78 is 0.619. The van der Waals surface area contributed by atoms with Crippen LogP contribution < -0.4 is 0 Å². The molecule has 2 heterocycles. The van der Waals surface area contributed by atoms with Gasteiger partial charge in [0.25, 0.3) is 0 Å². The zero-order valence-electron chi connectivity index (χ0n) is 7.78. The highest BCUT2D eigenvalue weighted by Crippen LogP contribution is 2.31. The molecular weight excluding hydrogens is 269 g/mol. The second-order valence-corrected chi connectivity index (χ2v) is 5.08. The molecule has 3 nitrogen and oxygen atoms in total. The lowest BCUT2D eigenvalue weighted by Gasteiger charge is -2.00. The van der Waals surface area contributed by atoms with Gasteiger partial charge in [0.15, 0.2) is 0 Å². The van der Waals surface area contributed by atoms with Gasteiger partial charge in [0.05, 0.1) is 20.5 Å². The van der Waals surface area contributed by atoms with E-state index in [1.165, 1.54) is 23.5 Å². The number of halogens is 2. The summed E-state index contributed by atoms with van der Waals surface area (Å²) in [6.45, 7) is 0. The summed E-state index contributed by atoms with van der Waals surface area (Å²) in [7, 11) is 0. The molecule has 16 heavy (non-hydrogen) atoms. The molecule has 2 aromatic heterocycles. The van der Waals surface area contributed by atoms with Gasteiger partial charge in [-0.25, -0.2) is 9.78 Å². The third-order valence-electron chi connectivity index (χ3n) is 1.87. The molecule has 1 N–H and O–H groups in total. The number of pyridine rings is 1. The van der Waals surface area contributed by atoms with Crippen molar-refractivity contribution >= 4 is 40.5 Å². The monoisotopic (exact) mass is 273 g/mol. The number of hydrogen-bond acceptors (Lipinski definition) is 3. The third kappa shape index (κ3) is 2.35. The van der Waals surface area contributed by atoms with Crippen molar-refractivity contribution in [3.8, 4) is 10.6 Å². The van der Waals surface area contributed by atoms with E-state index < -0.39 is 5.97 Å². The predicted molar refractivity (Wildman–Crippen MR) is 64.5 cm³/mol.